The van der Waals surface area contributed by atoms with Crippen LogP contribution in [0, 0.1) is 0 Å². The zero-order chi connectivity index (χ0) is 20.2. The van der Waals surface area contributed by atoms with Gasteiger partial charge in [-0.2, -0.15) is 0 Å². The van der Waals surface area contributed by atoms with Crippen molar-refractivity contribution in [2.24, 2.45) is 0 Å². The number of hydrogen-bond acceptors (Lipinski definition) is 6. The summed E-state index contributed by atoms with van der Waals surface area (Å²) in [6, 6.07) is 5.89. The molecule has 2 heterocycles. The molecule has 4 rings (SSSR count). The predicted octanol–water partition coefficient (Wildman–Crippen LogP) is 2.81. The molecule has 1 aromatic carbocycles. The van der Waals surface area contributed by atoms with E-state index in [-0.39, 0.29) is 11.9 Å². The van der Waals surface area contributed by atoms with Gasteiger partial charge >= 0.3 is 0 Å². The lowest BCUT2D eigenvalue weighted by molar-refractivity contribution is 0.0957. The molecule has 0 bridgehead atoms. The number of anilines is 1. The number of hydrogen-bond donors (Lipinski definition) is 2. The standard InChI is InChI=1S/C22H26N4O3/c1-14(13-28-2)25-22-24-12-18-16(5-3-4-6-19(18)26-22)15-7-8-17-20(11-15)29-10-9-23-21(17)27/h5,7-8,11-12,14H,3-4,6,9-10,13H2,1-2H3,(H,23,27)(H,24,25,26)/t14-/m0/s1. The molecule has 7 nitrogen and oxygen atoms in total. The van der Waals surface area contributed by atoms with E-state index in [0.717, 1.165) is 41.7 Å². The second-order valence-corrected chi connectivity index (χ2v) is 7.38. The van der Waals surface area contributed by atoms with E-state index >= 15 is 0 Å². The molecule has 0 radical (unpaired) electrons. The topological polar surface area (TPSA) is 85.4 Å². The van der Waals surface area contributed by atoms with Gasteiger partial charge in [-0.1, -0.05) is 12.1 Å². The zero-order valence-corrected chi connectivity index (χ0v) is 16.8. The molecule has 2 aromatic rings. The SMILES string of the molecule is COC[C@H](C)Nc1ncc2c(n1)CCCC=C2c1ccc2c(c1)OCCNC2=O. The van der Waals surface area contributed by atoms with Crippen molar-refractivity contribution < 1.29 is 14.3 Å². The molecule has 152 valence electrons. The van der Waals surface area contributed by atoms with E-state index in [2.05, 4.69) is 21.7 Å². The molecular weight excluding hydrogens is 368 g/mol. The highest BCUT2D eigenvalue weighted by Gasteiger charge is 2.20. The number of aromatic nitrogens is 2. The number of rotatable bonds is 5. The highest BCUT2D eigenvalue weighted by atomic mass is 16.5. The zero-order valence-electron chi connectivity index (χ0n) is 16.8. The van der Waals surface area contributed by atoms with Crippen LogP contribution in [-0.2, 0) is 11.2 Å². The highest BCUT2D eigenvalue weighted by Crippen LogP contribution is 2.33. The lowest BCUT2D eigenvalue weighted by Gasteiger charge is -2.16. The van der Waals surface area contributed by atoms with Gasteiger partial charge in [0, 0.05) is 24.9 Å². The lowest BCUT2D eigenvalue weighted by atomic mass is 9.96. The van der Waals surface area contributed by atoms with Crippen molar-refractivity contribution in [3.05, 3.63) is 52.9 Å². The summed E-state index contributed by atoms with van der Waals surface area (Å²) in [5, 5.41) is 6.13. The molecule has 0 saturated heterocycles. The molecule has 1 amide bonds. The molecule has 2 N–H and O–H groups in total. The van der Waals surface area contributed by atoms with Crippen molar-refractivity contribution in [2.45, 2.75) is 32.2 Å². The first-order valence-corrected chi connectivity index (χ1v) is 10.0. The Bertz CT molecular complexity index is 942. The summed E-state index contributed by atoms with van der Waals surface area (Å²) in [6.07, 6.45) is 7.02. The second-order valence-electron chi connectivity index (χ2n) is 7.38. The molecule has 1 aliphatic heterocycles. The van der Waals surface area contributed by atoms with Crippen LogP contribution in [0.15, 0.2) is 30.5 Å². The summed E-state index contributed by atoms with van der Waals surface area (Å²) in [4.78, 5) is 21.5. The van der Waals surface area contributed by atoms with Gasteiger partial charge in [0.05, 0.1) is 24.4 Å². The first-order chi connectivity index (χ1) is 14.2. The summed E-state index contributed by atoms with van der Waals surface area (Å²) >= 11 is 0. The van der Waals surface area contributed by atoms with E-state index in [9.17, 15) is 4.79 Å². The Morgan fingerprint density at radius 3 is 3.10 bits per heavy atom. The molecule has 29 heavy (non-hydrogen) atoms. The molecule has 1 atom stereocenters. The maximum Gasteiger partial charge on any atom is 0.255 e. The van der Waals surface area contributed by atoms with Gasteiger partial charge in [-0.05, 0) is 49.5 Å². The average molecular weight is 394 g/mol. The fraction of sp³-hybridized carbons (Fsp3) is 0.409. The monoisotopic (exact) mass is 394 g/mol. The van der Waals surface area contributed by atoms with Crippen molar-refractivity contribution in [2.75, 3.05) is 32.2 Å². The van der Waals surface area contributed by atoms with Crippen molar-refractivity contribution in [3.8, 4) is 5.75 Å². The number of methoxy groups -OCH3 is 1. The molecule has 7 heteroatoms. The summed E-state index contributed by atoms with van der Waals surface area (Å²) in [6.45, 7) is 3.61. The van der Waals surface area contributed by atoms with Crippen LogP contribution in [0.1, 0.15) is 46.9 Å². The summed E-state index contributed by atoms with van der Waals surface area (Å²) < 4.78 is 11.0. The van der Waals surface area contributed by atoms with Crippen molar-refractivity contribution in [3.63, 3.8) is 0 Å². The molecular formula is C22H26N4O3. The fourth-order valence-electron chi connectivity index (χ4n) is 3.73. The van der Waals surface area contributed by atoms with Crippen LogP contribution in [0.2, 0.25) is 0 Å². The maximum absolute atomic E-state index is 12.2. The van der Waals surface area contributed by atoms with E-state index in [4.69, 9.17) is 14.5 Å². The van der Waals surface area contributed by atoms with E-state index < -0.39 is 0 Å². The fourth-order valence-corrected chi connectivity index (χ4v) is 3.73. The largest absolute Gasteiger partial charge is 0.491 e. The Labute approximate surface area is 170 Å². The molecule has 2 aliphatic rings. The number of nitrogens with zero attached hydrogens (tertiary/aromatic N) is 2. The van der Waals surface area contributed by atoms with Gasteiger partial charge in [0.1, 0.15) is 12.4 Å². The van der Waals surface area contributed by atoms with Crippen LogP contribution in [0.3, 0.4) is 0 Å². The maximum atomic E-state index is 12.2. The molecule has 0 spiro atoms. The lowest BCUT2D eigenvalue weighted by Crippen LogP contribution is -2.24. The number of benzene rings is 1. The van der Waals surface area contributed by atoms with Gasteiger partial charge in [0.25, 0.3) is 5.91 Å². The number of aryl methyl sites for hydroxylation is 1. The third-order valence-electron chi connectivity index (χ3n) is 5.10. The Hall–Kier alpha value is -2.93. The number of carbonyl (C=O) groups is 1. The van der Waals surface area contributed by atoms with E-state index in [0.29, 0.717) is 37.0 Å². The normalized spacial score (nSPS) is 16.9. The number of fused-ring (bicyclic) bond motifs is 2. The van der Waals surface area contributed by atoms with Crippen LogP contribution in [-0.4, -0.2) is 48.8 Å². The van der Waals surface area contributed by atoms with Crippen molar-refractivity contribution >= 4 is 17.4 Å². The molecule has 1 aromatic heterocycles. The number of nitrogens with one attached hydrogen (secondary N) is 2. The van der Waals surface area contributed by atoms with Crippen LogP contribution < -0.4 is 15.4 Å². The van der Waals surface area contributed by atoms with Gasteiger partial charge < -0.3 is 20.1 Å². The Morgan fingerprint density at radius 2 is 2.24 bits per heavy atom. The van der Waals surface area contributed by atoms with E-state index in [1.165, 1.54) is 0 Å². The average Bonchev–Trinajstić information content (AvgIpc) is 3.03. The van der Waals surface area contributed by atoms with Gasteiger partial charge in [0.15, 0.2) is 0 Å². The highest BCUT2D eigenvalue weighted by molar-refractivity contribution is 5.98. The van der Waals surface area contributed by atoms with Gasteiger partial charge in [0.2, 0.25) is 5.95 Å². The molecule has 0 fully saturated rings. The van der Waals surface area contributed by atoms with Crippen molar-refractivity contribution in [1.82, 2.24) is 15.3 Å². The molecule has 0 unspecified atom stereocenters. The third kappa shape index (κ3) is 4.24. The Balaban J connectivity index is 1.67. The quantitative estimate of drug-likeness (QED) is 0.811. The van der Waals surface area contributed by atoms with Crippen LogP contribution >= 0.6 is 0 Å². The molecule has 0 saturated carbocycles. The summed E-state index contributed by atoms with van der Waals surface area (Å²) in [5.41, 5.74) is 4.74. The van der Waals surface area contributed by atoms with Crippen LogP contribution in [0.4, 0.5) is 5.95 Å². The van der Waals surface area contributed by atoms with Crippen molar-refractivity contribution in [1.29, 1.82) is 0 Å². The van der Waals surface area contributed by atoms with Crippen LogP contribution in [0.25, 0.3) is 5.57 Å². The Morgan fingerprint density at radius 1 is 1.34 bits per heavy atom. The third-order valence-corrected chi connectivity index (χ3v) is 5.10. The number of amides is 1. The van der Waals surface area contributed by atoms with E-state index in [1.807, 2.05) is 31.3 Å². The smallest absolute Gasteiger partial charge is 0.255 e. The minimum Gasteiger partial charge on any atom is -0.491 e. The first-order valence-electron chi connectivity index (χ1n) is 10.0. The number of carbonyl (C=O) groups excluding carboxylic acids is 1. The second kappa shape index (κ2) is 8.61. The van der Waals surface area contributed by atoms with Crippen LogP contribution in [0.5, 0.6) is 5.75 Å². The van der Waals surface area contributed by atoms with E-state index in [1.54, 1.807) is 7.11 Å². The predicted molar refractivity (Wildman–Crippen MR) is 111 cm³/mol. The Kier molecular flexibility index (Phi) is 5.76. The number of ether oxygens (including phenoxy) is 2. The minimum absolute atomic E-state index is 0.0940. The number of allylic oxidation sites excluding steroid dienone is 1. The van der Waals surface area contributed by atoms with Gasteiger partial charge in [-0.15, -0.1) is 0 Å². The summed E-state index contributed by atoms with van der Waals surface area (Å²) in [5.74, 6) is 1.15. The van der Waals surface area contributed by atoms with Gasteiger partial charge in [-0.25, -0.2) is 9.97 Å². The molecule has 1 aliphatic carbocycles. The first kappa shape index (κ1) is 19.4. The summed E-state index contributed by atoms with van der Waals surface area (Å²) in [7, 11) is 1.68. The minimum atomic E-state index is -0.0940. The van der Waals surface area contributed by atoms with Gasteiger partial charge in [-0.3, -0.25) is 4.79 Å².